The average molecular weight is 236 g/mol. The smallest absolute Gasteiger partial charge is 0.178 e. The van der Waals surface area contributed by atoms with Gasteiger partial charge in [-0.05, 0) is 32.1 Å². The summed E-state index contributed by atoms with van der Waals surface area (Å²) < 4.78 is 11.7. The zero-order valence-corrected chi connectivity index (χ0v) is 10.4. The van der Waals surface area contributed by atoms with Gasteiger partial charge in [-0.1, -0.05) is 11.6 Å². The van der Waals surface area contributed by atoms with Crippen molar-refractivity contribution in [3.05, 3.63) is 11.6 Å². The third-order valence-corrected chi connectivity index (χ3v) is 4.40. The summed E-state index contributed by atoms with van der Waals surface area (Å²) in [6.45, 7) is 3.45. The van der Waals surface area contributed by atoms with Crippen LogP contribution in [0.3, 0.4) is 0 Å². The van der Waals surface area contributed by atoms with Gasteiger partial charge in [0, 0.05) is 12.8 Å². The molecule has 0 aromatic heterocycles. The Balaban J connectivity index is 1.95. The van der Waals surface area contributed by atoms with Crippen molar-refractivity contribution in [2.45, 2.75) is 44.8 Å². The molecule has 1 saturated carbocycles. The van der Waals surface area contributed by atoms with Crippen LogP contribution in [-0.2, 0) is 14.3 Å². The van der Waals surface area contributed by atoms with Gasteiger partial charge in [-0.2, -0.15) is 0 Å². The fourth-order valence-electron chi connectivity index (χ4n) is 3.70. The molecule has 3 nitrogen and oxygen atoms in total. The minimum absolute atomic E-state index is 0.0198. The van der Waals surface area contributed by atoms with Crippen molar-refractivity contribution >= 4 is 5.78 Å². The van der Waals surface area contributed by atoms with Gasteiger partial charge in [-0.25, -0.2) is 0 Å². The summed E-state index contributed by atoms with van der Waals surface area (Å²) >= 11 is 0. The van der Waals surface area contributed by atoms with Crippen molar-refractivity contribution in [1.82, 2.24) is 0 Å². The molecular formula is C14H20O3. The van der Waals surface area contributed by atoms with Gasteiger partial charge in [-0.15, -0.1) is 0 Å². The molecule has 2 atom stereocenters. The maximum atomic E-state index is 12.2. The molecule has 0 aromatic carbocycles. The van der Waals surface area contributed by atoms with E-state index >= 15 is 0 Å². The number of hydrogen-bond acceptors (Lipinski definition) is 3. The van der Waals surface area contributed by atoms with Gasteiger partial charge in [0.25, 0.3) is 0 Å². The number of hydrogen-bond donors (Lipinski definition) is 0. The SMILES string of the molecule is C/C1=C/CCC2(OCCO2)[C@@H]2C(=O)CC[C@H]2C1. The molecule has 0 amide bonds. The molecule has 94 valence electrons. The summed E-state index contributed by atoms with van der Waals surface area (Å²) in [5, 5.41) is 0. The summed E-state index contributed by atoms with van der Waals surface area (Å²) in [4.78, 5) is 12.2. The molecular weight excluding hydrogens is 216 g/mol. The zero-order valence-electron chi connectivity index (χ0n) is 10.4. The van der Waals surface area contributed by atoms with Gasteiger partial charge in [0.1, 0.15) is 5.78 Å². The summed E-state index contributed by atoms with van der Waals surface area (Å²) in [6, 6.07) is 0. The highest BCUT2D eigenvalue weighted by Gasteiger charge is 2.53. The van der Waals surface area contributed by atoms with Crippen LogP contribution >= 0.6 is 0 Å². The largest absolute Gasteiger partial charge is 0.347 e. The van der Waals surface area contributed by atoms with Gasteiger partial charge in [-0.3, -0.25) is 4.79 Å². The summed E-state index contributed by atoms with van der Waals surface area (Å²) in [6.07, 6.45) is 6.82. The lowest BCUT2D eigenvalue weighted by Gasteiger charge is -2.37. The maximum Gasteiger partial charge on any atom is 0.178 e. The molecule has 3 aliphatic rings. The van der Waals surface area contributed by atoms with Gasteiger partial charge in [0.05, 0.1) is 19.1 Å². The molecule has 17 heavy (non-hydrogen) atoms. The lowest BCUT2D eigenvalue weighted by Crippen LogP contribution is -2.45. The van der Waals surface area contributed by atoms with Crippen molar-refractivity contribution in [3.63, 3.8) is 0 Å². The minimum atomic E-state index is -0.588. The molecule has 0 unspecified atom stereocenters. The second kappa shape index (κ2) is 4.21. The van der Waals surface area contributed by atoms with E-state index in [9.17, 15) is 4.79 Å². The normalized spacial score (nSPS) is 39.6. The molecule has 2 aliphatic carbocycles. The van der Waals surface area contributed by atoms with Gasteiger partial charge in [0.2, 0.25) is 0 Å². The van der Waals surface area contributed by atoms with E-state index in [1.807, 2.05) is 0 Å². The Morgan fingerprint density at radius 2 is 2.12 bits per heavy atom. The topological polar surface area (TPSA) is 35.5 Å². The molecule has 1 aliphatic heterocycles. The van der Waals surface area contributed by atoms with Gasteiger partial charge < -0.3 is 9.47 Å². The highest BCUT2D eigenvalue weighted by molar-refractivity contribution is 5.84. The number of carbonyl (C=O) groups excluding carboxylic acids is 1. The van der Waals surface area contributed by atoms with Crippen LogP contribution in [0.25, 0.3) is 0 Å². The van der Waals surface area contributed by atoms with E-state index in [0.717, 1.165) is 25.7 Å². The molecule has 0 N–H and O–H groups in total. The molecule has 1 saturated heterocycles. The van der Waals surface area contributed by atoms with Crippen molar-refractivity contribution in [2.24, 2.45) is 11.8 Å². The van der Waals surface area contributed by atoms with E-state index in [0.29, 0.717) is 31.3 Å². The van der Waals surface area contributed by atoms with Crippen LogP contribution in [0.5, 0.6) is 0 Å². The van der Waals surface area contributed by atoms with Crippen LogP contribution < -0.4 is 0 Å². The Kier molecular flexibility index (Phi) is 2.83. The molecule has 0 aromatic rings. The summed E-state index contributed by atoms with van der Waals surface area (Å²) in [7, 11) is 0. The first-order chi connectivity index (χ1) is 8.21. The van der Waals surface area contributed by atoms with Crippen molar-refractivity contribution in [2.75, 3.05) is 13.2 Å². The Hall–Kier alpha value is -0.670. The Morgan fingerprint density at radius 3 is 2.88 bits per heavy atom. The van der Waals surface area contributed by atoms with Crippen LogP contribution in [0, 0.1) is 11.8 Å². The predicted molar refractivity (Wildman–Crippen MR) is 63.5 cm³/mol. The number of Topliss-reactive ketones (excluding diaryl/α,β-unsaturated/α-hetero) is 1. The first-order valence-electron chi connectivity index (χ1n) is 6.67. The lowest BCUT2D eigenvalue weighted by atomic mass is 9.79. The van der Waals surface area contributed by atoms with E-state index < -0.39 is 5.79 Å². The second-order valence-corrected chi connectivity index (χ2v) is 5.54. The van der Waals surface area contributed by atoms with E-state index in [1.54, 1.807) is 0 Å². The first-order valence-corrected chi connectivity index (χ1v) is 6.67. The van der Waals surface area contributed by atoms with Gasteiger partial charge >= 0.3 is 0 Å². The number of carbonyl (C=O) groups is 1. The van der Waals surface area contributed by atoms with Crippen molar-refractivity contribution in [3.8, 4) is 0 Å². The average Bonchev–Trinajstić information content (AvgIpc) is 2.85. The Labute approximate surface area is 102 Å². The molecule has 1 spiro atoms. The van der Waals surface area contributed by atoms with Crippen molar-refractivity contribution in [1.29, 1.82) is 0 Å². The maximum absolute atomic E-state index is 12.2. The fraction of sp³-hybridized carbons (Fsp3) is 0.786. The third kappa shape index (κ3) is 1.85. The van der Waals surface area contributed by atoms with Crippen LogP contribution in [0.15, 0.2) is 11.6 Å². The Bertz CT molecular complexity index is 352. The number of allylic oxidation sites excluding steroid dienone is 2. The number of ketones is 1. The van der Waals surface area contributed by atoms with E-state index in [4.69, 9.17) is 9.47 Å². The third-order valence-electron chi connectivity index (χ3n) is 4.40. The van der Waals surface area contributed by atoms with Crippen LogP contribution in [0.1, 0.15) is 39.0 Å². The van der Waals surface area contributed by atoms with Gasteiger partial charge in [0.15, 0.2) is 5.79 Å². The monoisotopic (exact) mass is 236 g/mol. The van der Waals surface area contributed by atoms with E-state index in [1.165, 1.54) is 5.57 Å². The van der Waals surface area contributed by atoms with Crippen LogP contribution in [0.2, 0.25) is 0 Å². The lowest BCUT2D eigenvalue weighted by molar-refractivity contribution is -0.206. The van der Waals surface area contributed by atoms with Crippen molar-refractivity contribution < 1.29 is 14.3 Å². The molecule has 0 bridgehead atoms. The number of rotatable bonds is 0. The summed E-state index contributed by atoms with van der Waals surface area (Å²) in [5.74, 6) is 0.174. The first kappa shape index (κ1) is 11.4. The standard InChI is InChI=1S/C14H20O3/c1-10-3-2-6-14(16-7-8-17-14)13-11(9-10)4-5-12(13)15/h3,11,13H,2,4-9H2,1H3/b10-3-/t11-,13-/m0/s1. The summed E-state index contributed by atoms with van der Waals surface area (Å²) in [5.41, 5.74) is 1.42. The number of ether oxygens (including phenoxy) is 2. The van der Waals surface area contributed by atoms with Crippen LogP contribution in [0.4, 0.5) is 0 Å². The van der Waals surface area contributed by atoms with Crippen LogP contribution in [-0.4, -0.2) is 24.8 Å². The zero-order chi connectivity index (χ0) is 11.9. The molecule has 3 heteroatoms. The highest BCUT2D eigenvalue weighted by Crippen LogP contribution is 2.47. The second-order valence-electron chi connectivity index (χ2n) is 5.54. The van der Waals surface area contributed by atoms with E-state index in [2.05, 4.69) is 13.0 Å². The molecule has 3 rings (SSSR count). The molecule has 2 fully saturated rings. The minimum Gasteiger partial charge on any atom is -0.347 e. The predicted octanol–water partition coefficient (Wildman–Crippen LogP) is 2.46. The number of fused-ring (bicyclic) bond motifs is 2. The molecule has 0 radical (unpaired) electrons. The Morgan fingerprint density at radius 1 is 1.35 bits per heavy atom. The molecule has 1 heterocycles. The highest BCUT2D eigenvalue weighted by atomic mass is 16.7. The quantitative estimate of drug-likeness (QED) is 0.606. The fourth-order valence-corrected chi connectivity index (χ4v) is 3.70. The van der Waals surface area contributed by atoms with E-state index in [-0.39, 0.29) is 5.92 Å².